The Kier molecular flexibility index (Phi) is 1.52. The van der Waals surface area contributed by atoms with Crippen molar-refractivity contribution in [2.75, 3.05) is 0 Å². The van der Waals surface area contributed by atoms with Gasteiger partial charge in [0.25, 0.3) is 0 Å². The fourth-order valence-corrected chi connectivity index (χ4v) is 1.25. The Labute approximate surface area is 74.5 Å². The lowest BCUT2D eigenvalue weighted by Crippen LogP contribution is -1.71. The number of rotatable bonds is 0. The molecule has 4 heteroatoms. The highest BCUT2D eigenvalue weighted by molar-refractivity contribution is 7.80. The number of H-pyrrole nitrogens is 1. The van der Waals surface area contributed by atoms with Gasteiger partial charge in [-0.2, -0.15) is 5.26 Å². The Morgan fingerprint density at radius 1 is 1.50 bits per heavy atom. The monoisotopic (exact) mass is 175 g/mol. The van der Waals surface area contributed by atoms with E-state index in [0.29, 0.717) is 5.82 Å². The average molecular weight is 175 g/mol. The lowest BCUT2D eigenvalue weighted by Gasteiger charge is -1.88. The van der Waals surface area contributed by atoms with Gasteiger partial charge in [-0.1, -0.05) is 0 Å². The highest BCUT2D eigenvalue weighted by atomic mass is 32.1. The van der Waals surface area contributed by atoms with Gasteiger partial charge in [-0.25, -0.2) is 4.98 Å². The molecule has 0 bridgehead atoms. The molecule has 0 aliphatic carbocycles. The molecule has 1 N–H and O–H groups in total. The van der Waals surface area contributed by atoms with Crippen molar-refractivity contribution >= 4 is 23.7 Å². The van der Waals surface area contributed by atoms with E-state index >= 15 is 0 Å². The summed E-state index contributed by atoms with van der Waals surface area (Å²) in [5.74, 6) is 0.337. The molecule has 0 atom stereocenters. The third kappa shape index (κ3) is 1.04. The molecule has 0 saturated heterocycles. The van der Waals surface area contributed by atoms with Crippen LogP contribution in [0.2, 0.25) is 0 Å². The van der Waals surface area contributed by atoms with E-state index in [1.165, 1.54) is 0 Å². The number of benzene rings is 1. The van der Waals surface area contributed by atoms with Crippen molar-refractivity contribution in [1.82, 2.24) is 9.97 Å². The second-order valence-corrected chi connectivity index (χ2v) is 2.92. The Balaban J connectivity index is 2.77. The largest absolute Gasteiger partial charge is 0.329 e. The minimum Gasteiger partial charge on any atom is -0.329 e. The number of hydrogen-bond acceptors (Lipinski definition) is 3. The van der Waals surface area contributed by atoms with Gasteiger partial charge in [0.15, 0.2) is 0 Å². The van der Waals surface area contributed by atoms with E-state index in [2.05, 4.69) is 22.6 Å². The van der Waals surface area contributed by atoms with E-state index in [9.17, 15) is 0 Å². The summed E-state index contributed by atoms with van der Waals surface area (Å²) in [4.78, 5) is 7.74. The van der Waals surface area contributed by atoms with Crippen LogP contribution in [0.1, 0.15) is 5.82 Å². The zero-order chi connectivity index (χ0) is 8.55. The fourth-order valence-electron chi connectivity index (χ4n) is 1.05. The lowest BCUT2D eigenvalue weighted by molar-refractivity contribution is 1.25. The van der Waals surface area contributed by atoms with Gasteiger partial charge in [-0.15, -0.1) is 12.6 Å². The number of thiol groups is 1. The first-order valence-corrected chi connectivity index (χ1v) is 3.83. The number of hydrogen-bond donors (Lipinski definition) is 2. The number of nitriles is 1. The molecule has 12 heavy (non-hydrogen) atoms. The predicted octanol–water partition coefficient (Wildman–Crippen LogP) is 1.72. The first-order chi connectivity index (χ1) is 5.79. The van der Waals surface area contributed by atoms with Crippen molar-refractivity contribution in [2.45, 2.75) is 4.90 Å². The maximum atomic E-state index is 8.55. The standard InChI is InChI=1S/C8H5N3S/c9-4-8-10-6-2-1-5(12)3-7(6)11-8/h1-3,12H,(H,10,11). The molecule has 0 radical (unpaired) electrons. The van der Waals surface area contributed by atoms with E-state index < -0.39 is 0 Å². The molecule has 2 rings (SSSR count). The van der Waals surface area contributed by atoms with Crippen molar-refractivity contribution in [3.05, 3.63) is 24.0 Å². The molecule has 1 aromatic heterocycles. The summed E-state index contributed by atoms with van der Waals surface area (Å²) >= 11 is 4.17. The Hall–Kier alpha value is -1.47. The van der Waals surface area contributed by atoms with Crippen LogP contribution in [0.5, 0.6) is 0 Å². The Bertz CT molecular complexity index is 467. The third-order valence-corrected chi connectivity index (χ3v) is 1.85. The Morgan fingerprint density at radius 3 is 3.08 bits per heavy atom. The van der Waals surface area contributed by atoms with Crippen molar-refractivity contribution in [2.24, 2.45) is 0 Å². The van der Waals surface area contributed by atoms with Crippen molar-refractivity contribution in [1.29, 1.82) is 5.26 Å². The van der Waals surface area contributed by atoms with Gasteiger partial charge in [0, 0.05) is 4.90 Å². The summed E-state index contributed by atoms with van der Waals surface area (Å²) in [6.07, 6.45) is 0. The van der Waals surface area contributed by atoms with E-state index in [4.69, 9.17) is 5.26 Å². The van der Waals surface area contributed by atoms with Crippen LogP contribution in [0, 0.1) is 11.3 Å². The minimum atomic E-state index is 0.337. The molecule has 3 nitrogen and oxygen atoms in total. The molecule has 0 aliphatic heterocycles. The minimum absolute atomic E-state index is 0.337. The van der Waals surface area contributed by atoms with Crippen LogP contribution >= 0.6 is 12.6 Å². The number of imidazole rings is 1. The topological polar surface area (TPSA) is 52.5 Å². The van der Waals surface area contributed by atoms with Crippen molar-refractivity contribution in [3.8, 4) is 6.07 Å². The van der Waals surface area contributed by atoms with Crippen LogP contribution in [0.4, 0.5) is 0 Å². The van der Waals surface area contributed by atoms with E-state index in [0.717, 1.165) is 15.9 Å². The summed E-state index contributed by atoms with van der Waals surface area (Å²) in [6.45, 7) is 0. The molecule has 0 spiro atoms. The normalized spacial score (nSPS) is 10.0. The van der Waals surface area contributed by atoms with Crippen LogP contribution in [0.25, 0.3) is 11.0 Å². The first kappa shape index (κ1) is 7.19. The van der Waals surface area contributed by atoms with Gasteiger partial charge < -0.3 is 4.98 Å². The molecule has 0 unspecified atom stereocenters. The SMILES string of the molecule is N#Cc1nc2ccc(S)cc2[nH]1. The second-order valence-electron chi connectivity index (χ2n) is 2.40. The second kappa shape index (κ2) is 2.54. The van der Waals surface area contributed by atoms with Gasteiger partial charge in [0.2, 0.25) is 5.82 Å². The molecular weight excluding hydrogens is 170 g/mol. The number of fused-ring (bicyclic) bond motifs is 1. The summed E-state index contributed by atoms with van der Waals surface area (Å²) in [5.41, 5.74) is 1.64. The van der Waals surface area contributed by atoms with Crippen LogP contribution < -0.4 is 0 Å². The molecule has 0 aliphatic rings. The zero-order valence-corrected chi connectivity index (χ0v) is 6.97. The van der Waals surface area contributed by atoms with E-state index in [-0.39, 0.29) is 0 Å². The smallest absolute Gasteiger partial charge is 0.211 e. The highest BCUT2D eigenvalue weighted by Crippen LogP contribution is 2.15. The lowest BCUT2D eigenvalue weighted by atomic mass is 10.3. The van der Waals surface area contributed by atoms with Gasteiger partial charge in [-0.05, 0) is 18.2 Å². The maximum absolute atomic E-state index is 8.55. The van der Waals surface area contributed by atoms with Crippen molar-refractivity contribution < 1.29 is 0 Å². The molecule has 0 fully saturated rings. The van der Waals surface area contributed by atoms with Gasteiger partial charge in [-0.3, -0.25) is 0 Å². The summed E-state index contributed by atoms with van der Waals surface area (Å²) in [6, 6.07) is 7.45. The van der Waals surface area contributed by atoms with Crippen LogP contribution in [-0.4, -0.2) is 9.97 Å². The van der Waals surface area contributed by atoms with E-state index in [1.807, 2.05) is 24.3 Å². The summed E-state index contributed by atoms with van der Waals surface area (Å²) < 4.78 is 0. The number of nitrogens with one attached hydrogen (secondary N) is 1. The molecule has 1 heterocycles. The van der Waals surface area contributed by atoms with Crippen LogP contribution in [0.15, 0.2) is 23.1 Å². The zero-order valence-electron chi connectivity index (χ0n) is 6.07. The number of aromatic nitrogens is 2. The molecule has 2 aromatic rings. The molecule has 0 amide bonds. The third-order valence-electron chi connectivity index (χ3n) is 1.57. The van der Waals surface area contributed by atoms with Crippen LogP contribution in [-0.2, 0) is 0 Å². The Morgan fingerprint density at radius 2 is 2.33 bits per heavy atom. The average Bonchev–Trinajstić information content (AvgIpc) is 2.46. The first-order valence-electron chi connectivity index (χ1n) is 3.38. The number of nitrogens with zero attached hydrogens (tertiary/aromatic N) is 2. The summed E-state index contributed by atoms with van der Waals surface area (Å²) in [7, 11) is 0. The fraction of sp³-hybridized carbons (Fsp3) is 0. The van der Waals surface area contributed by atoms with Gasteiger partial charge in [0.05, 0.1) is 11.0 Å². The van der Waals surface area contributed by atoms with Crippen LogP contribution in [0.3, 0.4) is 0 Å². The van der Waals surface area contributed by atoms with Gasteiger partial charge >= 0.3 is 0 Å². The van der Waals surface area contributed by atoms with Gasteiger partial charge in [0.1, 0.15) is 6.07 Å². The quantitative estimate of drug-likeness (QED) is 0.599. The molecule has 58 valence electrons. The van der Waals surface area contributed by atoms with Crippen molar-refractivity contribution in [3.63, 3.8) is 0 Å². The molecular formula is C8H5N3S. The maximum Gasteiger partial charge on any atom is 0.211 e. The van der Waals surface area contributed by atoms with E-state index in [1.54, 1.807) is 0 Å². The predicted molar refractivity (Wildman–Crippen MR) is 48.1 cm³/mol. The summed E-state index contributed by atoms with van der Waals surface area (Å²) in [5, 5.41) is 8.55. The molecule has 1 aromatic carbocycles. The highest BCUT2D eigenvalue weighted by Gasteiger charge is 2.00. The number of aromatic amines is 1. The molecule has 0 saturated carbocycles.